The van der Waals surface area contributed by atoms with Gasteiger partial charge in [-0.3, -0.25) is 9.59 Å². The molecule has 0 unspecified atom stereocenters. The Hall–Kier alpha value is -2.02. The van der Waals surface area contributed by atoms with E-state index in [0.29, 0.717) is 17.7 Å². The standard InChI is InChI=1S/C15H20F2N2O3/c1-11(20)12-4-6-13(7-5-12)22-8-2-3-14(21)19-10-15(16,17)9-18/h4-7H,2-3,8-10,18H2,1H3,(H,19,21). The van der Waals surface area contributed by atoms with Crippen LogP contribution in [-0.4, -0.2) is 37.3 Å². The average molecular weight is 314 g/mol. The second-order valence-electron chi connectivity index (χ2n) is 4.87. The van der Waals surface area contributed by atoms with E-state index in [-0.39, 0.29) is 18.8 Å². The number of carbonyl (C=O) groups excluding carboxylic acids is 2. The van der Waals surface area contributed by atoms with Gasteiger partial charge in [0, 0.05) is 12.0 Å². The zero-order valence-electron chi connectivity index (χ0n) is 12.4. The normalized spacial score (nSPS) is 11.1. The second kappa shape index (κ2) is 8.43. The molecule has 0 atom stereocenters. The van der Waals surface area contributed by atoms with Crippen LogP contribution in [0.15, 0.2) is 24.3 Å². The Morgan fingerprint density at radius 1 is 1.27 bits per heavy atom. The Balaban J connectivity index is 2.22. The van der Waals surface area contributed by atoms with Gasteiger partial charge in [0.05, 0.1) is 19.7 Å². The average Bonchev–Trinajstić information content (AvgIpc) is 2.50. The van der Waals surface area contributed by atoms with Crippen molar-refractivity contribution in [2.45, 2.75) is 25.7 Å². The van der Waals surface area contributed by atoms with Crippen molar-refractivity contribution in [2.75, 3.05) is 19.7 Å². The summed E-state index contributed by atoms with van der Waals surface area (Å²) in [4.78, 5) is 22.5. The molecule has 0 saturated heterocycles. The lowest BCUT2D eigenvalue weighted by Crippen LogP contribution is -2.41. The maximum atomic E-state index is 12.8. The van der Waals surface area contributed by atoms with Gasteiger partial charge in [0.1, 0.15) is 5.75 Å². The number of hydrogen-bond acceptors (Lipinski definition) is 4. The Morgan fingerprint density at radius 3 is 2.45 bits per heavy atom. The van der Waals surface area contributed by atoms with Crippen LogP contribution in [0, 0.1) is 0 Å². The molecule has 0 aromatic heterocycles. The topological polar surface area (TPSA) is 81.4 Å². The first-order valence-electron chi connectivity index (χ1n) is 6.92. The molecule has 1 rings (SSSR count). The SMILES string of the molecule is CC(=O)c1ccc(OCCCC(=O)NCC(F)(F)CN)cc1. The molecule has 7 heteroatoms. The van der Waals surface area contributed by atoms with Gasteiger partial charge >= 0.3 is 0 Å². The van der Waals surface area contributed by atoms with E-state index in [0.717, 1.165) is 0 Å². The van der Waals surface area contributed by atoms with Crippen LogP contribution in [0.4, 0.5) is 8.78 Å². The quantitative estimate of drug-likeness (QED) is 0.537. The molecule has 5 nitrogen and oxygen atoms in total. The van der Waals surface area contributed by atoms with E-state index in [1.807, 2.05) is 0 Å². The van der Waals surface area contributed by atoms with Crippen molar-refractivity contribution in [1.29, 1.82) is 0 Å². The molecule has 0 aliphatic heterocycles. The zero-order valence-corrected chi connectivity index (χ0v) is 12.4. The van der Waals surface area contributed by atoms with Gasteiger partial charge in [0.25, 0.3) is 5.92 Å². The molecule has 0 spiro atoms. The van der Waals surface area contributed by atoms with Gasteiger partial charge in [-0.05, 0) is 37.6 Å². The highest BCUT2D eigenvalue weighted by molar-refractivity contribution is 5.94. The molecule has 22 heavy (non-hydrogen) atoms. The summed E-state index contributed by atoms with van der Waals surface area (Å²) in [5.41, 5.74) is 5.46. The molecule has 0 aliphatic carbocycles. The third-order valence-corrected chi connectivity index (χ3v) is 2.92. The minimum atomic E-state index is -3.08. The van der Waals surface area contributed by atoms with Crippen LogP contribution in [-0.2, 0) is 4.79 Å². The summed E-state index contributed by atoms with van der Waals surface area (Å²) in [6.07, 6.45) is 0.487. The fourth-order valence-electron chi connectivity index (χ4n) is 1.60. The van der Waals surface area contributed by atoms with E-state index in [2.05, 4.69) is 5.32 Å². The van der Waals surface area contributed by atoms with E-state index in [9.17, 15) is 18.4 Å². The number of ether oxygens (including phenoxy) is 1. The molecule has 0 radical (unpaired) electrons. The highest BCUT2D eigenvalue weighted by Crippen LogP contribution is 2.13. The van der Waals surface area contributed by atoms with Crippen molar-refractivity contribution >= 4 is 11.7 Å². The molecular weight excluding hydrogens is 294 g/mol. The van der Waals surface area contributed by atoms with E-state index >= 15 is 0 Å². The number of halogens is 2. The van der Waals surface area contributed by atoms with Crippen molar-refractivity contribution in [1.82, 2.24) is 5.32 Å². The van der Waals surface area contributed by atoms with Gasteiger partial charge in [-0.15, -0.1) is 0 Å². The summed E-state index contributed by atoms with van der Waals surface area (Å²) in [7, 11) is 0. The van der Waals surface area contributed by atoms with E-state index in [4.69, 9.17) is 10.5 Å². The van der Waals surface area contributed by atoms with Crippen molar-refractivity contribution in [3.63, 3.8) is 0 Å². The van der Waals surface area contributed by atoms with Crippen molar-refractivity contribution < 1.29 is 23.1 Å². The number of nitrogens with two attached hydrogens (primary N) is 1. The van der Waals surface area contributed by atoms with Gasteiger partial charge in [-0.2, -0.15) is 0 Å². The van der Waals surface area contributed by atoms with Gasteiger partial charge in [0.2, 0.25) is 5.91 Å². The third-order valence-electron chi connectivity index (χ3n) is 2.92. The third kappa shape index (κ3) is 6.62. The smallest absolute Gasteiger partial charge is 0.277 e. The summed E-state index contributed by atoms with van der Waals surface area (Å²) in [5.74, 6) is -2.99. The number of amides is 1. The maximum Gasteiger partial charge on any atom is 0.277 e. The largest absolute Gasteiger partial charge is 0.494 e. The van der Waals surface area contributed by atoms with Gasteiger partial charge < -0.3 is 15.8 Å². The molecule has 0 fully saturated rings. The second-order valence-corrected chi connectivity index (χ2v) is 4.87. The molecule has 0 saturated carbocycles. The van der Waals surface area contributed by atoms with Crippen LogP contribution in [0.25, 0.3) is 0 Å². The van der Waals surface area contributed by atoms with Gasteiger partial charge in [-0.25, -0.2) is 8.78 Å². The van der Waals surface area contributed by atoms with E-state index in [1.165, 1.54) is 6.92 Å². The molecule has 0 heterocycles. The highest BCUT2D eigenvalue weighted by atomic mass is 19.3. The van der Waals surface area contributed by atoms with Crippen LogP contribution in [0.2, 0.25) is 0 Å². The lowest BCUT2D eigenvalue weighted by molar-refractivity contribution is -0.123. The van der Waals surface area contributed by atoms with Crippen LogP contribution < -0.4 is 15.8 Å². The van der Waals surface area contributed by atoms with E-state index in [1.54, 1.807) is 24.3 Å². The first kappa shape index (κ1) is 18.0. The summed E-state index contributed by atoms with van der Waals surface area (Å²) < 4.78 is 31.0. The van der Waals surface area contributed by atoms with Crippen LogP contribution in [0.3, 0.4) is 0 Å². The van der Waals surface area contributed by atoms with Crippen molar-refractivity contribution in [3.8, 4) is 5.75 Å². The highest BCUT2D eigenvalue weighted by Gasteiger charge is 2.26. The van der Waals surface area contributed by atoms with Crippen molar-refractivity contribution in [2.24, 2.45) is 5.73 Å². The molecular formula is C15H20F2N2O3. The van der Waals surface area contributed by atoms with Crippen LogP contribution in [0.5, 0.6) is 5.75 Å². The number of alkyl halides is 2. The Morgan fingerprint density at radius 2 is 1.91 bits per heavy atom. The van der Waals surface area contributed by atoms with Crippen molar-refractivity contribution in [3.05, 3.63) is 29.8 Å². The number of Topliss-reactive ketones (excluding diaryl/α,β-unsaturated/α-hetero) is 1. The summed E-state index contributed by atoms with van der Waals surface area (Å²) in [5, 5.41) is 2.13. The predicted molar refractivity (Wildman–Crippen MR) is 78.2 cm³/mol. The molecule has 3 N–H and O–H groups in total. The molecule has 0 bridgehead atoms. The number of nitrogens with one attached hydrogen (secondary N) is 1. The fourth-order valence-corrected chi connectivity index (χ4v) is 1.60. The summed E-state index contributed by atoms with van der Waals surface area (Å²) in [6.45, 7) is 0.200. The summed E-state index contributed by atoms with van der Waals surface area (Å²) >= 11 is 0. The molecule has 1 aromatic rings. The predicted octanol–water partition coefficient (Wildman–Crippen LogP) is 1.76. The number of ketones is 1. The Bertz CT molecular complexity index is 504. The number of carbonyl (C=O) groups is 2. The van der Waals surface area contributed by atoms with E-state index < -0.39 is 24.9 Å². The molecule has 1 aromatic carbocycles. The van der Waals surface area contributed by atoms with Gasteiger partial charge in [-0.1, -0.05) is 0 Å². The maximum absolute atomic E-state index is 12.8. The number of hydrogen-bond donors (Lipinski definition) is 2. The first-order chi connectivity index (χ1) is 10.3. The molecule has 122 valence electrons. The Kier molecular flexibility index (Phi) is 6.91. The minimum absolute atomic E-state index is 0.0301. The summed E-state index contributed by atoms with van der Waals surface area (Å²) in [6, 6.07) is 6.63. The minimum Gasteiger partial charge on any atom is -0.494 e. The van der Waals surface area contributed by atoms with Gasteiger partial charge in [0.15, 0.2) is 5.78 Å². The monoisotopic (exact) mass is 314 g/mol. The first-order valence-corrected chi connectivity index (χ1v) is 6.92. The molecule has 1 amide bonds. The Labute approximate surface area is 127 Å². The molecule has 0 aliphatic rings. The number of rotatable bonds is 9. The lowest BCUT2D eigenvalue weighted by Gasteiger charge is -2.14. The van der Waals surface area contributed by atoms with Crippen LogP contribution >= 0.6 is 0 Å². The van der Waals surface area contributed by atoms with Crippen LogP contribution in [0.1, 0.15) is 30.1 Å². The number of benzene rings is 1. The fraction of sp³-hybridized carbons (Fsp3) is 0.467. The zero-order chi connectivity index (χ0) is 16.6. The lowest BCUT2D eigenvalue weighted by atomic mass is 10.1.